The summed E-state index contributed by atoms with van der Waals surface area (Å²) in [6.07, 6.45) is 11.1. The Hall–Kier alpha value is -0.330. The molecule has 0 bridgehead atoms. The molecule has 0 amide bonds. The van der Waals surface area contributed by atoms with E-state index in [-0.39, 0.29) is 0 Å². The first-order chi connectivity index (χ1) is 9.61. The van der Waals surface area contributed by atoms with Crippen LogP contribution >= 0.6 is 0 Å². The quantitative estimate of drug-likeness (QED) is 0.686. The van der Waals surface area contributed by atoms with E-state index in [4.69, 9.17) is 0 Å². The van der Waals surface area contributed by atoms with Gasteiger partial charge in [-0.05, 0) is 81.0 Å². The summed E-state index contributed by atoms with van der Waals surface area (Å²) in [5, 5.41) is 0. The summed E-state index contributed by atoms with van der Waals surface area (Å²) in [6.45, 7) is 6.60. The van der Waals surface area contributed by atoms with E-state index in [1.165, 1.54) is 51.4 Å². The van der Waals surface area contributed by atoms with Gasteiger partial charge in [-0.3, -0.25) is 4.79 Å². The molecule has 0 radical (unpaired) electrons. The van der Waals surface area contributed by atoms with Crippen LogP contribution in [0.25, 0.3) is 0 Å². The number of fused-ring (bicyclic) bond motifs is 3. The minimum absolute atomic E-state index is 0.389. The van der Waals surface area contributed by atoms with Crippen LogP contribution in [-0.4, -0.2) is 5.78 Å². The number of rotatable bonds is 2. The van der Waals surface area contributed by atoms with Crippen molar-refractivity contribution < 1.29 is 4.79 Å². The largest absolute Gasteiger partial charge is 0.300 e. The number of hydrogen-bond donors (Lipinski definition) is 0. The second kappa shape index (κ2) is 5.81. The van der Waals surface area contributed by atoms with E-state index in [0.29, 0.717) is 17.6 Å². The van der Waals surface area contributed by atoms with E-state index in [9.17, 15) is 4.79 Å². The Bertz CT molecular complexity index is 361. The van der Waals surface area contributed by atoms with Gasteiger partial charge in [-0.15, -0.1) is 0 Å². The van der Waals surface area contributed by atoms with Gasteiger partial charge in [-0.1, -0.05) is 26.7 Å². The van der Waals surface area contributed by atoms with Crippen LogP contribution in [0, 0.1) is 41.4 Å². The second-order valence-electron chi connectivity index (χ2n) is 8.11. The maximum atomic E-state index is 12.0. The van der Waals surface area contributed by atoms with Gasteiger partial charge < -0.3 is 0 Å². The smallest absolute Gasteiger partial charge is 0.133 e. The molecule has 3 rings (SSSR count). The fourth-order valence-electron chi connectivity index (χ4n) is 6.29. The first-order valence-corrected chi connectivity index (χ1v) is 9.12. The Labute approximate surface area is 124 Å². The van der Waals surface area contributed by atoms with Gasteiger partial charge >= 0.3 is 0 Å². The lowest BCUT2D eigenvalue weighted by Gasteiger charge is -2.53. The maximum absolute atomic E-state index is 12.0. The third kappa shape index (κ3) is 2.46. The van der Waals surface area contributed by atoms with Gasteiger partial charge in [0, 0.05) is 5.92 Å². The van der Waals surface area contributed by atoms with E-state index >= 15 is 0 Å². The second-order valence-corrected chi connectivity index (χ2v) is 8.11. The van der Waals surface area contributed by atoms with Crippen LogP contribution in [-0.2, 0) is 4.79 Å². The minimum atomic E-state index is 0.389. The van der Waals surface area contributed by atoms with Crippen molar-refractivity contribution in [3.8, 4) is 0 Å². The Kier molecular flexibility index (Phi) is 4.24. The Morgan fingerprint density at radius 1 is 0.950 bits per heavy atom. The summed E-state index contributed by atoms with van der Waals surface area (Å²) < 4.78 is 0. The zero-order valence-corrected chi connectivity index (χ0v) is 13.6. The number of carbonyl (C=O) groups is 1. The maximum Gasteiger partial charge on any atom is 0.133 e. The highest BCUT2D eigenvalue weighted by Gasteiger charge is 2.48. The molecular weight excluding hydrogens is 244 g/mol. The molecule has 3 saturated carbocycles. The molecule has 1 heteroatoms. The third-order valence-corrected chi connectivity index (χ3v) is 7.15. The zero-order chi connectivity index (χ0) is 14.3. The molecule has 0 saturated heterocycles. The lowest BCUT2D eigenvalue weighted by Crippen LogP contribution is -2.46. The molecule has 1 nitrogen and oxygen atoms in total. The SMILES string of the molecule is CCC1C(C(C)=O)CCC2C3CCC(C)CC3CCC12. The van der Waals surface area contributed by atoms with Crippen LogP contribution in [0.15, 0.2) is 0 Å². The molecule has 3 aliphatic rings. The van der Waals surface area contributed by atoms with E-state index in [1.807, 2.05) is 6.92 Å². The van der Waals surface area contributed by atoms with Crippen LogP contribution in [0.1, 0.15) is 72.1 Å². The normalized spacial score (nSPS) is 48.2. The van der Waals surface area contributed by atoms with E-state index in [1.54, 1.807) is 0 Å². The van der Waals surface area contributed by atoms with Gasteiger partial charge in [0.1, 0.15) is 5.78 Å². The van der Waals surface area contributed by atoms with E-state index in [0.717, 1.165) is 29.6 Å². The van der Waals surface area contributed by atoms with Gasteiger partial charge in [0.05, 0.1) is 0 Å². The van der Waals surface area contributed by atoms with Crippen molar-refractivity contribution in [3.05, 3.63) is 0 Å². The van der Waals surface area contributed by atoms with E-state index in [2.05, 4.69) is 13.8 Å². The lowest BCUT2D eigenvalue weighted by molar-refractivity contribution is -0.128. The van der Waals surface area contributed by atoms with E-state index < -0.39 is 0 Å². The molecular formula is C19H32O. The molecule has 0 aromatic heterocycles. The molecule has 0 spiro atoms. The Morgan fingerprint density at radius 2 is 1.65 bits per heavy atom. The van der Waals surface area contributed by atoms with Gasteiger partial charge in [0.2, 0.25) is 0 Å². The monoisotopic (exact) mass is 276 g/mol. The van der Waals surface area contributed by atoms with Crippen molar-refractivity contribution in [1.82, 2.24) is 0 Å². The van der Waals surface area contributed by atoms with Crippen molar-refractivity contribution >= 4 is 5.78 Å². The van der Waals surface area contributed by atoms with Crippen molar-refractivity contribution in [1.29, 1.82) is 0 Å². The van der Waals surface area contributed by atoms with Gasteiger partial charge in [0.15, 0.2) is 0 Å². The van der Waals surface area contributed by atoms with Crippen molar-refractivity contribution in [2.24, 2.45) is 41.4 Å². The summed E-state index contributed by atoms with van der Waals surface area (Å²) >= 11 is 0. The molecule has 0 aromatic carbocycles. The third-order valence-electron chi connectivity index (χ3n) is 7.15. The topological polar surface area (TPSA) is 17.1 Å². The molecule has 20 heavy (non-hydrogen) atoms. The predicted octanol–water partition coefficient (Wildman–Crippen LogP) is 5.09. The summed E-state index contributed by atoms with van der Waals surface area (Å²) in [5.74, 6) is 6.38. The molecule has 0 heterocycles. The van der Waals surface area contributed by atoms with Gasteiger partial charge in [-0.2, -0.15) is 0 Å². The van der Waals surface area contributed by atoms with Crippen molar-refractivity contribution in [3.63, 3.8) is 0 Å². The molecule has 0 aliphatic heterocycles. The molecule has 114 valence electrons. The van der Waals surface area contributed by atoms with Gasteiger partial charge in [-0.25, -0.2) is 0 Å². The molecule has 0 aromatic rings. The fraction of sp³-hybridized carbons (Fsp3) is 0.947. The first-order valence-electron chi connectivity index (χ1n) is 9.12. The highest BCUT2D eigenvalue weighted by Crippen LogP contribution is 2.55. The molecule has 3 aliphatic carbocycles. The highest BCUT2D eigenvalue weighted by atomic mass is 16.1. The zero-order valence-electron chi connectivity index (χ0n) is 13.6. The molecule has 0 N–H and O–H groups in total. The number of Topliss-reactive ketones (excluding diaryl/α,β-unsaturated/α-hetero) is 1. The summed E-state index contributed by atoms with van der Waals surface area (Å²) in [6, 6.07) is 0. The Balaban J connectivity index is 1.77. The van der Waals surface area contributed by atoms with Gasteiger partial charge in [0.25, 0.3) is 0 Å². The molecule has 7 unspecified atom stereocenters. The number of ketones is 1. The Morgan fingerprint density at radius 3 is 2.35 bits per heavy atom. The minimum Gasteiger partial charge on any atom is -0.300 e. The standard InChI is InChI=1S/C19H32O/c1-4-15-16(13(3)20)9-10-19-17-7-5-12(2)11-14(17)6-8-18(15)19/h12,14-19H,4-11H2,1-3H3. The number of hydrogen-bond acceptors (Lipinski definition) is 1. The van der Waals surface area contributed by atoms with Crippen LogP contribution in [0.4, 0.5) is 0 Å². The first kappa shape index (κ1) is 14.6. The molecule has 7 atom stereocenters. The fourth-order valence-corrected chi connectivity index (χ4v) is 6.29. The summed E-state index contributed by atoms with van der Waals surface area (Å²) in [4.78, 5) is 12.0. The average molecular weight is 276 g/mol. The van der Waals surface area contributed by atoms with Crippen LogP contribution in [0.3, 0.4) is 0 Å². The number of carbonyl (C=O) groups excluding carboxylic acids is 1. The average Bonchev–Trinajstić information content (AvgIpc) is 2.44. The van der Waals surface area contributed by atoms with Crippen molar-refractivity contribution in [2.75, 3.05) is 0 Å². The highest BCUT2D eigenvalue weighted by molar-refractivity contribution is 5.78. The molecule has 3 fully saturated rings. The predicted molar refractivity (Wildman–Crippen MR) is 83.4 cm³/mol. The van der Waals surface area contributed by atoms with Crippen LogP contribution < -0.4 is 0 Å². The van der Waals surface area contributed by atoms with Crippen LogP contribution in [0.2, 0.25) is 0 Å². The summed E-state index contributed by atoms with van der Waals surface area (Å²) in [5.41, 5.74) is 0. The van der Waals surface area contributed by atoms with Crippen molar-refractivity contribution in [2.45, 2.75) is 72.1 Å². The lowest BCUT2D eigenvalue weighted by atomic mass is 9.52. The van der Waals surface area contributed by atoms with Crippen LogP contribution in [0.5, 0.6) is 0 Å². The summed E-state index contributed by atoms with van der Waals surface area (Å²) in [7, 11) is 0.